The molecular weight excluding hydrogens is 451 g/mol. The molecule has 0 spiro atoms. The Balaban J connectivity index is 1.64. The number of halogens is 1. The number of carboxylic acid groups (broad SMARTS) is 1. The zero-order chi connectivity index (χ0) is 24.9. The Kier molecular flexibility index (Phi) is 7.10. The lowest BCUT2D eigenvalue weighted by molar-refractivity contribution is -0.136. The fourth-order valence-electron chi connectivity index (χ4n) is 4.21. The molecule has 0 saturated heterocycles. The summed E-state index contributed by atoms with van der Waals surface area (Å²) in [6.45, 7) is 0.604. The van der Waals surface area contributed by atoms with Gasteiger partial charge in [-0.25, -0.2) is 9.37 Å². The van der Waals surface area contributed by atoms with Gasteiger partial charge in [0.2, 0.25) is 11.8 Å². The van der Waals surface area contributed by atoms with E-state index in [-0.39, 0.29) is 24.7 Å². The van der Waals surface area contributed by atoms with Crippen LogP contribution in [0.5, 0.6) is 11.6 Å². The third-order valence-electron chi connectivity index (χ3n) is 5.96. The number of pyridine rings is 1. The third kappa shape index (κ3) is 5.32. The first-order valence-corrected chi connectivity index (χ1v) is 11.1. The van der Waals surface area contributed by atoms with Gasteiger partial charge in [0.25, 0.3) is 0 Å². The summed E-state index contributed by atoms with van der Waals surface area (Å²) in [6, 6.07) is 11.7. The Bertz CT molecular complexity index is 1290. The van der Waals surface area contributed by atoms with Crippen LogP contribution < -0.4 is 9.47 Å². The number of aliphatic carboxylic acids is 1. The van der Waals surface area contributed by atoms with Crippen molar-refractivity contribution in [1.29, 1.82) is 0 Å². The number of carboxylic acids is 1. The fourth-order valence-corrected chi connectivity index (χ4v) is 4.21. The fraction of sp³-hybridized carbons (Fsp3) is 0.222. The molecule has 2 heterocycles. The second-order valence-electron chi connectivity index (χ2n) is 8.13. The molecule has 180 valence electrons. The monoisotopic (exact) mass is 476 g/mol. The van der Waals surface area contributed by atoms with Gasteiger partial charge in [0, 0.05) is 37.0 Å². The maximum Gasteiger partial charge on any atom is 0.307 e. The molecule has 1 aliphatic rings. The van der Waals surface area contributed by atoms with E-state index in [0.717, 1.165) is 5.56 Å². The zero-order valence-electron chi connectivity index (χ0n) is 19.5. The molecule has 1 aromatic heterocycles. The van der Waals surface area contributed by atoms with E-state index in [9.17, 15) is 19.1 Å². The quantitative estimate of drug-likeness (QED) is 0.516. The van der Waals surface area contributed by atoms with E-state index in [0.29, 0.717) is 52.4 Å². The number of carbonyl (C=O) groups excluding carboxylic acids is 1. The van der Waals surface area contributed by atoms with Crippen molar-refractivity contribution >= 4 is 18.0 Å². The predicted molar refractivity (Wildman–Crippen MR) is 129 cm³/mol. The van der Waals surface area contributed by atoms with E-state index in [1.54, 1.807) is 53.6 Å². The third-order valence-corrected chi connectivity index (χ3v) is 5.96. The predicted octanol–water partition coefficient (Wildman–Crippen LogP) is 4.13. The van der Waals surface area contributed by atoms with Crippen molar-refractivity contribution in [2.24, 2.45) is 0 Å². The number of carbonyl (C=O) groups is 2. The van der Waals surface area contributed by atoms with Gasteiger partial charge in [0.15, 0.2) is 0 Å². The number of hydrogen-bond donors (Lipinski definition) is 1. The van der Waals surface area contributed by atoms with E-state index in [2.05, 4.69) is 4.98 Å². The van der Waals surface area contributed by atoms with Gasteiger partial charge >= 0.3 is 5.97 Å². The molecule has 35 heavy (non-hydrogen) atoms. The van der Waals surface area contributed by atoms with Crippen LogP contribution in [0, 0.1) is 5.82 Å². The van der Waals surface area contributed by atoms with Gasteiger partial charge in [-0.3, -0.25) is 9.59 Å². The van der Waals surface area contributed by atoms with Gasteiger partial charge in [-0.05, 0) is 64.6 Å². The average molecular weight is 477 g/mol. The topological polar surface area (TPSA) is 89.0 Å². The minimum absolute atomic E-state index is 0.143. The molecule has 2 aromatic carbocycles. The van der Waals surface area contributed by atoms with Crippen LogP contribution in [-0.2, 0) is 29.0 Å². The number of amides is 1. The molecule has 0 atom stereocenters. The van der Waals surface area contributed by atoms with Crippen LogP contribution in [0.2, 0.25) is 0 Å². The SMILES string of the molecule is COc1ccc(/C=C/C(=O)N2CCc3c(F)ccc(-c4cc(CC(=O)O)ccc4OC)c3C2)cn1. The minimum Gasteiger partial charge on any atom is -0.496 e. The van der Waals surface area contributed by atoms with Crippen LogP contribution in [-0.4, -0.2) is 47.6 Å². The molecule has 4 rings (SSSR count). The lowest BCUT2D eigenvalue weighted by atomic mass is 9.89. The first kappa shape index (κ1) is 23.9. The highest BCUT2D eigenvalue weighted by atomic mass is 19.1. The second-order valence-corrected chi connectivity index (χ2v) is 8.13. The molecule has 8 heteroatoms. The van der Waals surface area contributed by atoms with E-state index in [1.807, 2.05) is 0 Å². The normalized spacial score (nSPS) is 12.9. The number of nitrogens with zero attached hydrogens (tertiary/aromatic N) is 2. The summed E-state index contributed by atoms with van der Waals surface area (Å²) in [7, 11) is 3.06. The largest absolute Gasteiger partial charge is 0.496 e. The minimum atomic E-state index is -0.946. The zero-order valence-corrected chi connectivity index (χ0v) is 19.5. The van der Waals surface area contributed by atoms with Crippen LogP contribution in [0.1, 0.15) is 22.3 Å². The van der Waals surface area contributed by atoms with Gasteiger partial charge in [-0.15, -0.1) is 0 Å². The number of methoxy groups -OCH3 is 2. The number of rotatable bonds is 7. The molecule has 7 nitrogen and oxygen atoms in total. The summed E-state index contributed by atoms with van der Waals surface area (Å²) in [6.07, 6.45) is 4.99. The maximum absolute atomic E-state index is 14.7. The van der Waals surface area contributed by atoms with Crippen molar-refractivity contribution < 1.29 is 28.6 Å². The molecule has 1 amide bonds. The molecule has 1 N–H and O–H groups in total. The summed E-state index contributed by atoms with van der Waals surface area (Å²) in [4.78, 5) is 30.0. The standard InChI is InChI=1S/C27H25FN2O5/c1-34-24-8-3-18(14-27(32)33)13-21(24)19-6-7-23(28)20-11-12-30(16-22(19)20)26(31)10-5-17-4-9-25(35-2)29-15-17/h3-10,13,15H,11-12,14,16H2,1-2H3,(H,32,33)/b10-5+. The smallest absolute Gasteiger partial charge is 0.307 e. The van der Waals surface area contributed by atoms with Crippen molar-refractivity contribution in [1.82, 2.24) is 9.88 Å². The number of hydrogen-bond acceptors (Lipinski definition) is 5. The number of fused-ring (bicyclic) bond motifs is 1. The van der Waals surface area contributed by atoms with Crippen molar-refractivity contribution in [3.63, 3.8) is 0 Å². The second kappa shape index (κ2) is 10.4. The van der Waals surface area contributed by atoms with Crippen LogP contribution in [0.3, 0.4) is 0 Å². The summed E-state index contributed by atoms with van der Waals surface area (Å²) < 4.78 is 25.3. The van der Waals surface area contributed by atoms with Crippen molar-refractivity contribution in [2.75, 3.05) is 20.8 Å². The van der Waals surface area contributed by atoms with Crippen molar-refractivity contribution in [3.05, 3.63) is 82.8 Å². The molecule has 1 aliphatic heterocycles. The van der Waals surface area contributed by atoms with E-state index in [4.69, 9.17) is 9.47 Å². The highest BCUT2D eigenvalue weighted by molar-refractivity contribution is 5.92. The molecule has 0 bridgehead atoms. The van der Waals surface area contributed by atoms with E-state index >= 15 is 0 Å². The molecular formula is C27H25FN2O5. The van der Waals surface area contributed by atoms with Crippen LogP contribution >= 0.6 is 0 Å². The molecule has 0 unspecified atom stereocenters. The van der Waals surface area contributed by atoms with Gasteiger partial charge in [0.1, 0.15) is 11.6 Å². The summed E-state index contributed by atoms with van der Waals surface area (Å²) in [5, 5.41) is 9.20. The van der Waals surface area contributed by atoms with Crippen LogP contribution in [0.4, 0.5) is 4.39 Å². The first-order valence-electron chi connectivity index (χ1n) is 11.1. The Morgan fingerprint density at radius 3 is 2.60 bits per heavy atom. The van der Waals surface area contributed by atoms with Gasteiger partial charge in [0.05, 0.1) is 20.6 Å². The maximum atomic E-state index is 14.7. The lowest BCUT2D eigenvalue weighted by Crippen LogP contribution is -2.35. The Morgan fingerprint density at radius 2 is 1.91 bits per heavy atom. The van der Waals surface area contributed by atoms with Crippen molar-refractivity contribution in [3.8, 4) is 22.8 Å². The van der Waals surface area contributed by atoms with Gasteiger partial charge in [-0.1, -0.05) is 12.1 Å². The Hall–Kier alpha value is -4.20. The first-order chi connectivity index (χ1) is 16.9. The average Bonchev–Trinajstić information content (AvgIpc) is 2.87. The molecule has 0 aliphatic carbocycles. The summed E-state index contributed by atoms with van der Waals surface area (Å²) in [5.41, 5.74) is 3.98. The number of benzene rings is 2. The molecule has 0 fully saturated rings. The van der Waals surface area contributed by atoms with Gasteiger partial charge < -0.3 is 19.5 Å². The number of ether oxygens (including phenoxy) is 2. The van der Waals surface area contributed by atoms with Crippen LogP contribution in [0.25, 0.3) is 17.2 Å². The van der Waals surface area contributed by atoms with E-state index in [1.165, 1.54) is 26.4 Å². The van der Waals surface area contributed by atoms with Crippen molar-refractivity contribution in [2.45, 2.75) is 19.4 Å². The van der Waals surface area contributed by atoms with E-state index < -0.39 is 5.97 Å². The summed E-state index contributed by atoms with van der Waals surface area (Å²) in [5.74, 6) is -0.440. The summed E-state index contributed by atoms with van der Waals surface area (Å²) >= 11 is 0. The molecule has 3 aromatic rings. The highest BCUT2D eigenvalue weighted by Crippen LogP contribution is 2.37. The highest BCUT2D eigenvalue weighted by Gasteiger charge is 2.26. The van der Waals surface area contributed by atoms with Crippen LogP contribution in [0.15, 0.2) is 54.7 Å². The lowest BCUT2D eigenvalue weighted by Gasteiger charge is -2.30. The van der Waals surface area contributed by atoms with Gasteiger partial charge in [-0.2, -0.15) is 0 Å². The Morgan fingerprint density at radius 1 is 1.09 bits per heavy atom. The number of aromatic nitrogens is 1. The Labute approximate surface area is 202 Å². The molecule has 0 saturated carbocycles. The molecule has 0 radical (unpaired) electrons.